The topological polar surface area (TPSA) is 60.9 Å². The molecule has 0 bridgehead atoms. The maximum absolute atomic E-state index is 12.7. The van der Waals surface area contributed by atoms with Crippen molar-refractivity contribution in [3.8, 4) is 0 Å². The molecule has 5 aromatic rings. The molecule has 0 aromatic heterocycles. The zero-order chi connectivity index (χ0) is 36.2. The molecule has 0 aliphatic heterocycles. The van der Waals surface area contributed by atoms with Gasteiger partial charge in [0.25, 0.3) is 10.1 Å². The number of rotatable bonds is 18. The standard InChI is InChI=1S/C45H54N2O3S/c1-5-9-33-46(39-25-17-35(13-7-3)18-26-39)41-29-21-37(22-30-41)45(43-15-11-12-16-44(43)51(48,49)50)38-23-31-42(32-24-38)47(34-10-6-2)40-27-19-36(14-8-4)20-28-40/h11-12,15-32,45H,5-10,13-14,33-34H2,1-4H3,(H,48,49,50). The number of hydrogen-bond donors (Lipinski definition) is 1. The number of hydrogen-bond acceptors (Lipinski definition) is 4. The van der Waals surface area contributed by atoms with Gasteiger partial charge in [-0.15, -0.1) is 0 Å². The maximum Gasteiger partial charge on any atom is 0.294 e. The van der Waals surface area contributed by atoms with Crippen molar-refractivity contribution in [1.82, 2.24) is 0 Å². The smallest absolute Gasteiger partial charge is 0.294 e. The molecule has 0 unspecified atom stereocenters. The van der Waals surface area contributed by atoms with Crippen LogP contribution in [-0.2, 0) is 23.0 Å². The van der Waals surface area contributed by atoms with Gasteiger partial charge in [-0.3, -0.25) is 4.55 Å². The summed E-state index contributed by atoms with van der Waals surface area (Å²) in [4.78, 5) is 4.65. The molecule has 0 radical (unpaired) electrons. The van der Waals surface area contributed by atoms with E-state index in [1.165, 1.54) is 17.2 Å². The fourth-order valence-electron chi connectivity index (χ4n) is 6.91. The predicted molar refractivity (Wildman–Crippen MR) is 215 cm³/mol. The van der Waals surface area contributed by atoms with Gasteiger partial charge in [0.1, 0.15) is 0 Å². The van der Waals surface area contributed by atoms with E-state index in [1.54, 1.807) is 6.07 Å². The Morgan fingerprint density at radius 1 is 0.510 bits per heavy atom. The lowest BCUT2D eigenvalue weighted by Crippen LogP contribution is -2.19. The third-order valence-electron chi connectivity index (χ3n) is 9.63. The minimum Gasteiger partial charge on any atom is -0.341 e. The largest absolute Gasteiger partial charge is 0.341 e. The highest BCUT2D eigenvalue weighted by Gasteiger charge is 2.25. The second-order valence-corrected chi connectivity index (χ2v) is 14.9. The Labute approximate surface area is 306 Å². The molecule has 51 heavy (non-hydrogen) atoms. The van der Waals surface area contributed by atoms with Crippen LogP contribution < -0.4 is 9.80 Å². The monoisotopic (exact) mass is 702 g/mol. The third-order valence-corrected chi connectivity index (χ3v) is 10.6. The summed E-state index contributed by atoms with van der Waals surface area (Å²) in [6.07, 6.45) is 8.69. The highest BCUT2D eigenvalue weighted by molar-refractivity contribution is 7.85. The van der Waals surface area contributed by atoms with Gasteiger partial charge < -0.3 is 9.80 Å². The quantitative estimate of drug-likeness (QED) is 0.0727. The second kappa shape index (κ2) is 18.2. The first-order valence-electron chi connectivity index (χ1n) is 18.8. The summed E-state index contributed by atoms with van der Waals surface area (Å²) in [5, 5.41) is 0. The molecule has 0 amide bonds. The lowest BCUT2D eigenvalue weighted by molar-refractivity contribution is 0.482. The molecule has 0 saturated carbocycles. The van der Waals surface area contributed by atoms with Crippen LogP contribution in [0.25, 0.3) is 0 Å². The Morgan fingerprint density at radius 3 is 1.24 bits per heavy atom. The van der Waals surface area contributed by atoms with Crippen LogP contribution in [-0.4, -0.2) is 26.1 Å². The SMILES string of the molecule is CCCCN(c1ccc(CCC)cc1)c1ccc(C(c2ccc(N(CCCC)c3ccc(CCC)cc3)cc2)c2ccccc2S(=O)(=O)O)cc1. The van der Waals surface area contributed by atoms with Crippen LogP contribution in [0.4, 0.5) is 22.7 Å². The summed E-state index contributed by atoms with van der Waals surface area (Å²) >= 11 is 0. The molecule has 0 heterocycles. The van der Waals surface area contributed by atoms with Crippen molar-refractivity contribution >= 4 is 32.9 Å². The molecule has 0 saturated heterocycles. The molecule has 5 aromatic carbocycles. The van der Waals surface area contributed by atoms with E-state index in [0.717, 1.165) is 98.3 Å². The average Bonchev–Trinajstić information content (AvgIpc) is 3.14. The van der Waals surface area contributed by atoms with E-state index >= 15 is 0 Å². The van der Waals surface area contributed by atoms with Crippen molar-refractivity contribution in [1.29, 1.82) is 0 Å². The first kappa shape index (κ1) is 37.9. The highest BCUT2D eigenvalue weighted by atomic mass is 32.2. The molecule has 0 fully saturated rings. The van der Waals surface area contributed by atoms with Gasteiger partial charge in [-0.25, -0.2) is 0 Å². The van der Waals surface area contributed by atoms with Crippen molar-refractivity contribution in [2.75, 3.05) is 22.9 Å². The molecule has 0 spiro atoms. The maximum atomic E-state index is 12.7. The first-order chi connectivity index (χ1) is 24.8. The summed E-state index contributed by atoms with van der Waals surface area (Å²) in [6.45, 7) is 10.6. The van der Waals surface area contributed by atoms with Gasteiger partial charge in [-0.1, -0.05) is 120 Å². The zero-order valence-corrected chi connectivity index (χ0v) is 31.6. The van der Waals surface area contributed by atoms with E-state index in [2.05, 4.69) is 135 Å². The Kier molecular flexibility index (Phi) is 13.5. The molecule has 6 heteroatoms. The summed E-state index contributed by atoms with van der Waals surface area (Å²) in [7, 11) is -4.46. The number of nitrogens with zero attached hydrogens (tertiary/aromatic N) is 2. The van der Waals surface area contributed by atoms with Gasteiger partial charge in [-0.2, -0.15) is 8.42 Å². The molecule has 5 rings (SSSR count). The van der Waals surface area contributed by atoms with Gasteiger partial charge in [-0.05, 0) is 108 Å². The number of unbranched alkanes of at least 4 members (excludes halogenated alkanes) is 2. The predicted octanol–water partition coefficient (Wildman–Crippen LogP) is 11.9. The van der Waals surface area contributed by atoms with Gasteiger partial charge >= 0.3 is 0 Å². The van der Waals surface area contributed by atoms with E-state index in [9.17, 15) is 13.0 Å². The van der Waals surface area contributed by atoms with Crippen molar-refractivity contribution < 1.29 is 13.0 Å². The van der Waals surface area contributed by atoms with Crippen LogP contribution in [0.3, 0.4) is 0 Å². The molecule has 0 atom stereocenters. The number of aryl methyl sites for hydroxylation is 2. The van der Waals surface area contributed by atoms with Crippen LogP contribution >= 0.6 is 0 Å². The van der Waals surface area contributed by atoms with Crippen LogP contribution in [0.5, 0.6) is 0 Å². The molecule has 1 N–H and O–H groups in total. The Morgan fingerprint density at radius 2 is 0.882 bits per heavy atom. The average molecular weight is 703 g/mol. The Hall–Kier alpha value is -4.39. The second-order valence-electron chi connectivity index (χ2n) is 13.5. The van der Waals surface area contributed by atoms with Crippen molar-refractivity contribution in [3.05, 3.63) is 149 Å². The molecule has 0 aliphatic carbocycles. The van der Waals surface area contributed by atoms with Crippen LogP contribution in [0.2, 0.25) is 0 Å². The van der Waals surface area contributed by atoms with Crippen molar-refractivity contribution in [2.24, 2.45) is 0 Å². The fourth-order valence-corrected chi connectivity index (χ4v) is 7.64. The van der Waals surface area contributed by atoms with Gasteiger partial charge in [0.15, 0.2) is 0 Å². The summed E-state index contributed by atoms with van der Waals surface area (Å²) in [5.41, 5.74) is 9.63. The molecular formula is C45H54N2O3S. The minimum absolute atomic E-state index is 0.0726. The fraction of sp³-hybridized carbons (Fsp3) is 0.333. The number of anilines is 4. The summed E-state index contributed by atoms with van der Waals surface area (Å²) in [6, 6.07) is 41.5. The third kappa shape index (κ3) is 9.69. The minimum atomic E-state index is -4.46. The molecular weight excluding hydrogens is 649 g/mol. The van der Waals surface area contributed by atoms with E-state index < -0.39 is 16.0 Å². The van der Waals surface area contributed by atoms with E-state index in [1.807, 2.05) is 12.1 Å². The van der Waals surface area contributed by atoms with Gasteiger partial charge in [0.05, 0.1) is 4.90 Å². The van der Waals surface area contributed by atoms with Crippen molar-refractivity contribution in [2.45, 2.75) is 89.9 Å². The summed E-state index contributed by atoms with van der Waals surface area (Å²) in [5.74, 6) is -0.416. The van der Waals surface area contributed by atoms with Crippen LogP contribution in [0.1, 0.15) is 100.0 Å². The van der Waals surface area contributed by atoms with Crippen LogP contribution in [0, 0.1) is 0 Å². The molecule has 268 valence electrons. The van der Waals surface area contributed by atoms with E-state index in [4.69, 9.17) is 0 Å². The normalized spacial score (nSPS) is 11.6. The zero-order valence-electron chi connectivity index (χ0n) is 30.8. The highest BCUT2D eigenvalue weighted by Crippen LogP contribution is 2.38. The van der Waals surface area contributed by atoms with Gasteiger partial charge in [0.2, 0.25) is 0 Å². The summed E-state index contributed by atoms with van der Waals surface area (Å²) < 4.78 is 35.7. The van der Waals surface area contributed by atoms with Crippen molar-refractivity contribution in [3.63, 3.8) is 0 Å². The Balaban J connectivity index is 1.54. The number of benzene rings is 5. The van der Waals surface area contributed by atoms with Crippen LogP contribution in [0.15, 0.2) is 126 Å². The van der Waals surface area contributed by atoms with Gasteiger partial charge in [0, 0.05) is 41.8 Å². The molecule has 5 nitrogen and oxygen atoms in total. The first-order valence-corrected chi connectivity index (χ1v) is 20.2. The lowest BCUT2D eigenvalue weighted by atomic mass is 9.85. The van der Waals surface area contributed by atoms with E-state index in [0.29, 0.717) is 5.56 Å². The Bertz CT molecular complexity index is 1800. The molecule has 0 aliphatic rings. The van der Waals surface area contributed by atoms with E-state index in [-0.39, 0.29) is 4.90 Å². The lowest BCUT2D eigenvalue weighted by Gasteiger charge is -2.28.